The van der Waals surface area contributed by atoms with Gasteiger partial charge < -0.3 is 10.2 Å². The summed E-state index contributed by atoms with van der Waals surface area (Å²) >= 11 is 1.55. The maximum atomic E-state index is 11.5. The van der Waals surface area contributed by atoms with Crippen LogP contribution in [0.15, 0.2) is 22.8 Å². The number of rotatable bonds is 7. The number of furan rings is 1. The van der Waals surface area contributed by atoms with Crippen LogP contribution in [0, 0.1) is 0 Å². The normalized spacial score (nSPS) is 12.7. The van der Waals surface area contributed by atoms with Gasteiger partial charge >= 0.3 is 0 Å². The van der Waals surface area contributed by atoms with Crippen LogP contribution in [0.2, 0.25) is 0 Å². The number of thioether (sulfide) groups is 1. The third-order valence-electron chi connectivity index (χ3n) is 2.08. The molecule has 1 heterocycles. The Kier molecular flexibility index (Phi) is 5.50. The van der Waals surface area contributed by atoms with Gasteiger partial charge in [0.1, 0.15) is 5.76 Å². The van der Waals surface area contributed by atoms with E-state index in [-0.39, 0.29) is 11.8 Å². The van der Waals surface area contributed by atoms with E-state index in [0.717, 1.165) is 24.4 Å². The molecule has 0 aliphatic carbocycles. The first-order valence-corrected chi connectivity index (χ1v) is 6.28. The fourth-order valence-electron chi connectivity index (χ4n) is 1.23. The van der Waals surface area contributed by atoms with Crippen LogP contribution in [0.3, 0.4) is 0 Å². The van der Waals surface area contributed by atoms with E-state index in [4.69, 9.17) is 10.2 Å². The molecular weight excluding hydrogens is 210 g/mol. The molecule has 0 bridgehead atoms. The summed E-state index contributed by atoms with van der Waals surface area (Å²) in [6, 6.07) is 3.46. The molecule has 0 aliphatic heterocycles. The van der Waals surface area contributed by atoms with Crippen molar-refractivity contribution in [3.8, 4) is 0 Å². The quantitative estimate of drug-likeness (QED) is 0.776. The van der Waals surface area contributed by atoms with Gasteiger partial charge in [-0.3, -0.25) is 4.79 Å². The Balaban J connectivity index is 2.17. The first-order valence-electron chi connectivity index (χ1n) is 5.12. The molecule has 1 aromatic heterocycles. The van der Waals surface area contributed by atoms with Gasteiger partial charge in [0.25, 0.3) is 0 Å². The van der Waals surface area contributed by atoms with E-state index in [2.05, 4.69) is 0 Å². The van der Waals surface area contributed by atoms with Crippen LogP contribution in [0.4, 0.5) is 0 Å². The van der Waals surface area contributed by atoms with Crippen LogP contribution in [-0.4, -0.2) is 17.6 Å². The van der Waals surface area contributed by atoms with Gasteiger partial charge in [-0.2, -0.15) is 0 Å². The average Bonchev–Trinajstić information content (AvgIpc) is 2.71. The van der Waals surface area contributed by atoms with E-state index in [1.807, 2.05) is 19.1 Å². The zero-order chi connectivity index (χ0) is 11.1. The Morgan fingerprint density at radius 2 is 2.47 bits per heavy atom. The third kappa shape index (κ3) is 4.53. The fraction of sp³-hybridized carbons (Fsp3) is 0.545. The highest BCUT2D eigenvalue weighted by Gasteiger charge is 2.12. The van der Waals surface area contributed by atoms with Crippen molar-refractivity contribution in [2.24, 2.45) is 5.73 Å². The minimum absolute atomic E-state index is 0.133. The van der Waals surface area contributed by atoms with E-state index < -0.39 is 0 Å². The summed E-state index contributed by atoms with van der Waals surface area (Å²) in [7, 11) is 0. The molecule has 1 atom stereocenters. The standard InChI is InChI=1S/C11H17NO2S/c1-2-4-10(12)11(13)8-15-7-9-5-3-6-14-9/h3,5-6,10H,2,4,7-8,12H2,1H3. The fourth-order valence-corrected chi connectivity index (χ4v) is 2.11. The Morgan fingerprint density at radius 3 is 3.07 bits per heavy atom. The maximum Gasteiger partial charge on any atom is 0.159 e. The third-order valence-corrected chi connectivity index (χ3v) is 3.06. The Hall–Kier alpha value is -0.740. The van der Waals surface area contributed by atoms with Crippen LogP contribution in [0.5, 0.6) is 0 Å². The summed E-state index contributed by atoms with van der Waals surface area (Å²) in [5, 5.41) is 0. The van der Waals surface area contributed by atoms with Crippen molar-refractivity contribution in [1.82, 2.24) is 0 Å². The number of ketones is 1. The van der Waals surface area contributed by atoms with Gasteiger partial charge in [-0.05, 0) is 18.6 Å². The lowest BCUT2D eigenvalue weighted by molar-refractivity contribution is -0.117. The predicted octanol–water partition coefficient (Wildman–Crippen LogP) is 2.21. The van der Waals surface area contributed by atoms with Crippen molar-refractivity contribution < 1.29 is 9.21 Å². The summed E-state index contributed by atoms with van der Waals surface area (Å²) < 4.78 is 5.16. The van der Waals surface area contributed by atoms with Gasteiger partial charge in [0, 0.05) is 0 Å². The lowest BCUT2D eigenvalue weighted by Crippen LogP contribution is -2.31. The molecule has 0 amide bonds. The van der Waals surface area contributed by atoms with E-state index >= 15 is 0 Å². The second-order valence-electron chi connectivity index (χ2n) is 3.43. The van der Waals surface area contributed by atoms with E-state index in [1.54, 1.807) is 18.0 Å². The second kappa shape index (κ2) is 6.69. The Labute approximate surface area is 94.4 Å². The lowest BCUT2D eigenvalue weighted by Gasteiger charge is -2.07. The molecule has 0 saturated heterocycles. The molecule has 1 unspecified atom stereocenters. The van der Waals surface area contributed by atoms with Gasteiger partial charge in [0.05, 0.1) is 23.8 Å². The molecule has 0 aliphatic rings. The highest BCUT2D eigenvalue weighted by molar-refractivity contribution is 7.99. The van der Waals surface area contributed by atoms with Crippen LogP contribution in [0.1, 0.15) is 25.5 Å². The number of carbonyl (C=O) groups excluding carboxylic acids is 1. The first kappa shape index (κ1) is 12.3. The van der Waals surface area contributed by atoms with Gasteiger partial charge in [0.15, 0.2) is 5.78 Å². The largest absolute Gasteiger partial charge is 0.468 e. The number of carbonyl (C=O) groups is 1. The summed E-state index contributed by atoms with van der Waals surface area (Å²) in [5.41, 5.74) is 5.70. The highest BCUT2D eigenvalue weighted by Crippen LogP contribution is 2.13. The molecule has 0 fully saturated rings. The van der Waals surface area contributed by atoms with Gasteiger partial charge in [-0.1, -0.05) is 13.3 Å². The lowest BCUT2D eigenvalue weighted by atomic mass is 10.1. The number of nitrogens with two attached hydrogens (primary N) is 1. The predicted molar refractivity (Wildman–Crippen MR) is 62.8 cm³/mol. The van der Waals surface area contributed by atoms with Gasteiger partial charge in [-0.15, -0.1) is 11.8 Å². The molecule has 0 spiro atoms. The molecule has 4 heteroatoms. The molecule has 2 N–H and O–H groups in total. The average molecular weight is 227 g/mol. The minimum atomic E-state index is -0.292. The highest BCUT2D eigenvalue weighted by atomic mass is 32.2. The van der Waals surface area contributed by atoms with Crippen molar-refractivity contribution in [3.05, 3.63) is 24.2 Å². The van der Waals surface area contributed by atoms with Crippen molar-refractivity contribution in [1.29, 1.82) is 0 Å². The van der Waals surface area contributed by atoms with Crippen molar-refractivity contribution in [2.75, 3.05) is 5.75 Å². The maximum absolute atomic E-state index is 11.5. The number of Topliss-reactive ketones (excluding diaryl/α,β-unsaturated/α-hetero) is 1. The zero-order valence-electron chi connectivity index (χ0n) is 8.94. The van der Waals surface area contributed by atoms with Crippen LogP contribution in [-0.2, 0) is 10.5 Å². The van der Waals surface area contributed by atoms with Crippen molar-refractivity contribution >= 4 is 17.5 Å². The summed E-state index contributed by atoms with van der Waals surface area (Å²) in [6.07, 6.45) is 3.37. The Bertz CT molecular complexity index is 285. The Morgan fingerprint density at radius 1 is 1.67 bits per heavy atom. The minimum Gasteiger partial charge on any atom is -0.468 e. The van der Waals surface area contributed by atoms with E-state index in [9.17, 15) is 4.79 Å². The molecule has 1 aromatic rings. The van der Waals surface area contributed by atoms with Gasteiger partial charge in [-0.25, -0.2) is 0 Å². The SMILES string of the molecule is CCCC(N)C(=O)CSCc1ccco1. The molecule has 0 aromatic carbocycles. The monoisotopic (exact) mass is 227 g/mol. The number of hydrogen-bond donors (Lipinski definition) is 1. The van der Waals surface area contributed by atoms with E-state index in [0.29, 0.717) is 5.75 Å². The van der Waals surface area contributed by atoms with Crippen LogP contribution in [0.25, 0.3) is 0 Å². The molecule has 1 rings (SSSR count). The molecule has 0 radical (unpaired) electrons. The topological polar surface area (TPSA) is 56.2 Å². The zero-order valence-corrected chi connectivity index (χ0v) is 9.76. The molecule has 15 heavy (non-hydrogen) atoms. The first-order chi connectivity index (χ1) is 7.24. The second-order valence-corrected chi connectivity index (χ2v) is 4.42. The van der Waals surface area contributed by atoms with Crippen LogP contribution >= 0.6 is 11.8 Å². The molecule has 3 nitrogen and oxygen atoms in total. The molecule has 0 saturated carbocycles. The summed E-state index contributed by atoms with van der Waals surface area (Å²) in [4.78, 5) is 11.5. The van der Waals surface area contributed by atoms with Crippen molar-refractivity contribution in [2.45, 2.75) is 31.6 Å². The molecular formula is C11H17NO2S. The van der Waals surface area contributed by atoms with E-state index in [1.165, 1.54) is 0 Å². The summed E-state index contributed by atoms with van der Waals surface area (Å²) in [6.45, 7) is 2.03. The number of hydrogen-bond acceptors (Lipinski definition) is 4. The van der Waals surface area contributed by atoms with Crippen LogP contribution < -0.4 is 5.73 Å². The molecule has 84 valence electrons. The smallest absolute Gasteiger partial charge is 0.159 e. The van der Waals surface area contributed by atoms with Gasteiger partial charge in [0.2, 0.25) is 0 Å². The summed E-state index contributed by atoms with van der Waals surface area (Å²) in [5.74, 6) is 2.24. The van der Waals surface area contributed by atoms with Crippen molar-refractivity contribution in [3.63, 3.8) is 0 Å².